The van der Waals surface area contributed by atoms with Gasteiger partial charge in [-0.1, -0.05) is 70.0 Å². The predicted molar refractivity (Wildman–Crippen MR) is 142 cm³/mol. The summed E-state index contributed by atoms with van der Waals surface area (Å²) in [5, 5.41) is 18.1. The average molecular weight is 501 g/mol. The van der Waals surface area contributed by atoms with Gasteiger partial charge < -0.3 is 19.7 Å². The minimum Gasteiger partial charge on any atom is -0.462 e. The van der Waals surface area contributed by atoms with E-state index in [-0.39, 0.29) is 56.3 Å². The zero-order valence-corrected chi connectivity index (χ0v) is 21.9. The lowest BCUT2D eigenvalue weighted by atomic mass is 9.77. The van der Waals surface area contributed by atoms with Crippen molar-refractivity contribution in [1.82, 2.24) is 0 Å². The molecule has 1 aromatic rings. The molecule has 2 rings (SSSR count). The van der Waals surface area contributed by atoms with E-state index in [0.29, 0.717) is 5.92 Å². The van der Waals surface area contributed by atoms with Crippen LogP contribution in [0.15, 0.2) is 48.6 Å². The van der Waals surface area contributed by atoms with Gasteiger partial charge in [-0.15, -0.1) is 0 Å². The van der Waals surface area contributed by atoms with E-state index in [0.717, 1.165) is 11.5 Å². The quantitative estimate of drug-likeness (QED) is 0.175. The first-order chi connectivity index (χ1) is 17.4. The molecule has 1 saturated carbocycles. The summed E-state index contributed by atoms with van der Waals surface area (Å²) in [7, 11) is 0. The number of unbranched alkanes of at least 4 members (excludes halogenated alkanes) is 2. The summed E-state index contributed by atoms with van der Waals surface area (Å²) in [5.74, 6) is -0.0685. The van der Waals surface area contributed by atoms with Crippen LogP contribution < -0.4 is 0 Å². The first-order valence-electron chi connectivity index (χ1n) is 13.4. The summed E-state index contributed by atoms with van der Waals surface area (Å²) in [6.45, 7) is 9.23. The largest absolute Gasteiger partial charge is 0.462 e. The summed E-state index contributed by atoms with van der Waals surface area (Å²) in [6, 6.07) is 8.34. The summed E-state index contributed by atoms with van der Waals surface area (Å²) >= 11 is 0. The number of ether oxygens (including phenoxy) is 2. The van der Waals surface area contributed by atoms with E-state index in [1.807, 2.05) is 12.1 Å². The third-order valence-corrected chi connectivity index (χ3v) is 7.18. The number of esters is 2. The summed E-state index contributed by atoms with van der Waals surface area (Å²) in [6.07, 6.45) is 10.6. The first kappa shape index (κ1) is 29.8. The minimum atomic E-state index is -0.572. The normalized spacial score (nSPS) is 17.6. The molecule has 0 radical (unpaired) electrons. The van der Waals surface area contributed by atoms with Crippen molar-refractivity contribution < 1.29 is 29.3 Å². The van der Waals surface area contributed by atoms with E-state index >= 15 is 0 Å². The molecule has 1 fully saturated rings. The molecule has 0 bridgehead atoms. The zero-order chi connectivity index (χ0) is 26.3. The molecule has 0 saturated heterocycles. The van der Waals surface area contributed by atoms with Gasteiger partial charge >= 0.3 is 11.9 Å². The second kappa shape index (κ2) is 16.3. The van der Waals surface area contributed by atoms with Gasteiger partial charge in [0, 0.05) is 37.2 Å². The Balaban J connectivity index is 2.00. The van der Waals surface area contributed by atoms with E-state index in [1.54, 1.807) is 0 Å². The highest BCUT2D eigenvalue weighted by Crippen LogP contribution is 2.38. The highest BCUT2D eigenvalue weighted by Gasteiger charge is 2.23. The van der Waals surface area contributed by atoms with Crippen LogP contribution >= 0.6 is 0 Å². The van der Waals surface area contributed by atoms with Crippen LogP contribution in [-0.2, 0) is 19.1 Å². The van der Waals surface area contributed by atoms with Crippen molar-refractivity contribution in [3.8, 4) is 0 Å². The molecule has 6 heteroatoms. The maximum Gasteiger partial charge on any atom is 0.333 e. The number of benzene rings is 1. The number of hydrogen-bond donors (Lipinski definition) is 2. The number of carbonyl (C=O) groups excluding carboxylic acids is 2. The van der Waals surface area contributed by atoms with Crippen molar-refractivity contribution >= 4 is 11.9 Å². The molecule has 0 spiro atoms. The Labute approximate surface area is 216 Å². The monoisotopic (exact) mass is 500 g/mol. The van der Waals surface area contributed by atoms with Crippen molar-refractivity contribution in [1.29, 1.82) is 0 Å². The fraction of sp³-hybridized carbons (Fsp3) is 0.600. The number of aliphatic hydroxyl groups is 2. The van der Waals surface area contributed by atoms with Crippen LogP contribution in [0.5, 0.6) is 0 Å². The van der Waals surface area contributed by atoms with Crippen LogP contribution in [0, 0.1) is 5.92 Å². The molecule has 0 aromatic heterocycles. The molecule has 6 nitrogen and oxygen atoms in total. The van der Waals surface area contributed by atoms with Crippen molar-refractivity contribution in [2.75, 3.05) is 26.4 Å². The van der Waals surface area contributed by atoms with Gasteiger partial charge in [-0.25, -0.2) is 9.59 Å². The molecular formula is C30H44O6. The zero-order valence-electron chi connectivity index (χ0n) is 21.9. The third-order valence-electron chi connectivity index (χ3n) is 7.18. The molecule has 0 aliphatic heterocycles. The Morgan fingerprint density at radius 2 is 1.42 bits per heavy atom. The van der Waals surface area contributed by atoms with E-state index in [1.165, 1.54) is 56.9 Å². The van der Waals surface area contributed by atoms with Gasteiger partial charge in [0.1, 0.15) is 13.2 Å². The molecule has 0 atom stereocenters. The van der Waals surface area contributed by atoms with Crippen LogP contribution in [0.3, 0.4) is 0 Å². The Morgan fingerprint density at radius 3 is 1.89 bits per heavy atom. The maximum atomic E-state index is 12.2. The Kier molecular flexibility index (Phi) is 13.5. The Hall–Kier alpha value is -2.44. The van der Waals surface area contributed by atoms with Crippen LogP contribution in [0.4, 0.5) is 0 Å². The van der Waals surface area contributed by atoms with E-state index in [2.05, 4.69) is 32.2 Å². The summed E-state index contributed by atoms with van der Waals surface area (Å²) < 4.78 is 10.8. The van der Waals surface area contributed by atoms with Crippen molar-refractivity contribution in [2.45, 2.75) is 83.0 Å². The van der Waals surface area contributed by atoms with Crippen LogP contribution in [-0.4, -0.2) is 48.6 Å². The van der Waals surface area contributed by atoms with Crippen molar-refractivity contribution in [2.24, 2.45) is 5.92 Å². The second-order valence-corrected chi connectivity index (χ2v) is 9.93. The molecule has 1 aromatic carbocycles. The molecule has 0 amide bonds. The van der Waals surface area contributed by atoms with Gasteiger partial charge in [0.15, 0.2) is 0 Å². The topological polar surface area (TPSA) is 93.1 Å². The van der Waals surface area contributed by atoms with Gasteiger partial charge in [0.25, 0.3) is 0 Å². The van der Waals surface area contributed by atoms with Gasteiger partial charge in [-0.3, -0.25) is 0 Å². The van der Waals surface area contributed by atoms with E-state index < -0.39 is 11.9 Å². The van der Waals surface area contributed by atoms with Gasteiger partial charge in [0.2, 0.25) is 0 Å². The molecule has 36 heavy (non-hydrogen) atoms. The van der Waals surface area contributed by atoms with E-state index in [4.69, 9.17) is 19.7 Å². The summed E-state index contributed by atoms with van der Waals surface area (Å²) in [5.41, 5.74) is 2.63. The number of hydrogen-bond acceptors (Lipinski definition) is 6. The third kappa shape index (κ3) is 9.90. The molecule has 1 aliphatic carbocycles. The molecule has 200 valence electrons. The molecular weight excluding hydrogens is 456 g/mol. The second-order valence-electron chi connectivity index (χ2n) is 9.93. The Morgan fingerprint density at radius 1 is 0.889 bits per heavy atom. The van der Waals surface area contributed by atoms with E-state index in [9.17, 15) is 9.59 Å². The molecule has 2 N–H and O–H groups in total. The van der Waals surface area contributed by atoms with Gasteiger partial charge in [-0.2, -0.15) is 0 Å². The lowest BCUT2D eigenvalue weighted by Crippen LogP contribution is -2.21. The predicted octanol–water partition coefficient (Wildman–Crippen LogP) is 5.59. The van der Waals surface area contributed by atoms with Gasteiger partial charge in [-0.05, 0) is 48.6 Å². The standard InChI is InChI=1S/C30H44O6/c1-4-5-6-7-24-8-10-25(11-9-24)26-12-14-27(15-13-26)28(20-35-29(33)22(2)16-18-31)21-36-30(34)23(3)17-19-32/h12-15,24-25,28,31-32H,2-11,16-21H2,1H3. The van der Waals surface area contributed by atoms with Crippen LogP contribution in [0.25, 0.3) is 0 Å². The smallest absolute Gasteiger partial charge is 0.333 e. The summed E-state index contributed by atoms with van der Waals surface area (Å²) in [4.78, 5) is 24.4. The highest BCUT2D eigenvalue weighted by molar-refractivity contribution is 5.88. The molecule has 0 heterocycles. The number of carbonyl (C=O) groups is 2. The van der Waals surface area contributed by atoms with Crippen molar-refractivity contribution in [3.63, 3.8) is 0 Å². The fourth-order valence-corrected chi connectivity index (χ4v) is 4.78. The van der Waals surface area contributed by atoms with Crippen molar-refractivity contribution in [3.05, 3.63) is 59.7 Å². The number of rotatable bonds is 16. The molecule has 1 aliphatic rings. The van der Waals surface area contributed by atoms with Gasteiger partial charge in [0.05, 0.1) is 5.92 Å². The Bertz CT molecular complexity index is 802. The minimum absolute atomic E-state index is 0.0191. The molecule has 0 unspecified atom stereocenters. The SMILES string of the molecule is C=C(CCO)C(=O)OCC(COC(=O)C(=C)CCO)c1ccc(C2CCC(CCCCC)CC2)cc1. The number of aliphatic hydroxyl groups excluding tert-OH is 2. The maximum absolute atomic E-state index is 12.2. The lowest BCUT2D eigenvalue weighted by molar-refractivity contribution is -0.142. The highest BCUT2D eigenvalue weighted by atomic mass is 16.5. The lowest BCUT2D eigenvalue weighted by Gasteiger charge is -2.29. The first-order valence-corrected chi connectivity index (χ1v) is 13.4. The van der Waals surface area contributed by atoms with Crippen LogP contribution in [0.2, 0.25) is 0 Å². The van der Waals surface area contributed by atoms with Crippen LogP contribution in [0.1, 0.15) is 94.1 Å². The average Bonchev–Trinajstić information content (AvgIpc) is 2.89. The fourth-order valence-electron chi connectivity index (χ4n) is 4.78.